The molecule has 0 saturated heterocycles. The molecular weight excluding hydrogens is 400 g/mol. The van der Waals surface area contributed by atoms with Crippen LogP contribution in [0.3, 0.4) is 0 Å². The van der Waals surface area contributed by atoms with Gasteiger partial charge in [-0.25, -0.2) is 0 Å². The minimum atomic E-state index is -0.262. The molecule has 0 bridgehead atoms. The Kier molecular flexibility index (Phi) is 5.25. The number of ether oxygens (including phenoxy) is 1. The Labute approximate surface area is 139 Å². The summed E-state index contributed by atoms with van der Waals surface area (Å²) < 4.78 is 7.31. The molecule has 3 N–H and O–H groups in total. The number of carbonyl (C=O) groups is 1. The maximum absolute atomic E-state index is 11.9. The molecule has 110 valence electrons. The molecule has 21 heavy (non-hydrogen) atoms. The van der Waals surface area contributed by atoms with Gasteiger partial charge in [-0.15, -0.1) is 0 Å². The largest absolute Gasteiger partial charge is 0.482 e. The second-order valence-corrected chi connectivity index (χ2v) is 6.23. The Balaban J connectivity index is 2.01. The lowest BCUT2D eigenvalue weighted by molar-refractivity contribution is -0.118. The molecule has 0 aliphatic carbocycles. The van der Waals surface area contributed by atoms with Crippen LogP contribution in [0, 0.1) is 6.92 Å². The van der Waals surface area contributed by atoms with Crippen LogP contribution in [-0.4, -0.2) is 12.5 Å². The van der Waals surface area contributed by atoms with E-state index in [2.05, 4.69) is 37.2 Å². The lowest BCUT2D eigenvalue weighted by Crippen LogP contribution is -2.21. The fraction of sp³-hybridized carbons (Fsp3) is 0.133. The van der Waals surface area contributed by atoms with Crippen LogP contribution in [0.15, 0.2) is 45.3 Å². The summed E-state index contributed by atoms with van der Waals surface area (Å²) >= 11 is 6.82. The Bertz CT molecular complexity index is 651. The van der Waals surface area contributed by atoms with Gasteiger partial charge in [-0.2, -0.15) is 0 Å². The standard InChI is InChI=1S/C15H14Br2N2O2/c1-9-6-10(16)7-11(17)15(9)21-8-14(20)19-13-5-3-2-4-12(13)18/h2-7H,8,18H2,1H3,(H,19,20). The number of anilines is 2. The number of halogens is 2. The smallest absolute Gasteiger partial charge is 0.262 e. The van der Waals surface area contributed by atoms with E-state index in [9.17, 15) is 4.79 Å². The average Bonchev–Trinajstić information content (AvgIpc) is 2.40. The van der Waals surface area contributed by atoms with Crippen molar-refractivity contribution >= 4 is 49.1 Å². The number of nitrogens with one attached hydrogen (secondary N) is 1. The minimum Gasteiger partial charge on any atom is -0.482 e. The monoisotopic (exact) mass is 412 g/mol. The molecule has 0 aliphatic heterocycles. The number of aryl methyl sites for hydroxylation is 1. The Hall–Kier alpha value is -1.53. The molecule has 1 amide bonds. The number of carbonyl (C=O) groups excluding carboxylic acids is 1. The zero-order chi connectivity index (χ0) is 15.4. The van der Waals surface area contributed by atoms with Gasteiger partial charge >= 0.3 is 0 Å². The third-order valence-corrected chi connectivity index (χ3v) is 3.82. The van der Waals surface area contributed by atoms with E-state index in [1.807, 2.05) is 31.2 Å². The molecule has 2 aromatic rings. The van der Waals surface area contributed by atoms with Gasteiger partial charge in [0.15, 0.2) is 6.61 Å². The molecule has 0 spiro atoms. The van der Waals surface area contributed by atoms with Crippen LogP contribution >= 0.6 is 31.9 Å². The normalized spacial score (nSPS) is 10.2. The van der Waals surface area contributed by atoms with Crippen LogP contribution in [0.4, 0.5) is 11.4 Å². The van der Waals surface area contributed by atoms with E-state index in [4.69, 9.17) is 10.5 Å². The van der Waals surface area contributed by atoms with Gasteiger partial charge in [0.05, 0.1) is 15.8 Å². The summed E-state index contributed by atoms with van der Waals surface area (Å²) in [5.41, 5.74) is 7.81. The Morgan fingerprint density at radius 2 is 2.00 bits per heavy atom. The van der Waals surface area contributed by atoms with E-state index < -0.39 is 0 Å². The van der Waals surface area contributed by atoms with E-state index in [0.29, 0.717) is 17.1 Å². The van der Waals surface area contributed by atoms with Gasteiger partial charge in [0.1, 0.15) is 5.75 Å². The highest BCUT2D eigenvalue weighted by atomic mass is 79.9. The van der Waals surface area contributed by atoms with Crippen LogP contribution in [0.1, 0.15) is 5.56 Å². The second kappa shape index (κ2) is 6.95. The summed E-state index contributed by atoms with van der Waals surface area (Å²) in [5.74, 6) is 0.386. The van der Waals surface area contributed by atoms with Crippen LogP contribution in [0.5, 0.6) is 5.75 Å². The van der Waals surface area contributed by atoms with Gasteiger partial charge in [-0.1, -0.05) is 28.1 Å². The van der Waals surface area contributed by atoms with Gasteiger partial charge in [0, 0.05) is 4.47 Å². The third kappa shape index (κ3) is 4.22. The summed E-state index contributed by atoms with van der Waals surface area (Å²) in [6.45, 7) is 1.83. The van der Waals surface area contributed by atoms with Crippen molar-refractivity contribution in [2.45, 2.75) is 6.92 Å². The molecule has 2 rings (SSSR count). The van der Waals surface area contributed by atoms with Gasteiger partial charge in [0.2, 0.25) is 0 Å². The first-order valence-electron chi connectivity index (χ1n) is 6.20. The van der Waals surface area contributed by atoms with Crippen LogP contribution in [0.25, 0.3) is 0 Å². The topological polar surface area (TPSA) is 64.3 Å². The average molecular weight is 414 g/mol. The van der Waals surface area contributed by atoms with E-state index in [0.717, 1.165) is 14.5 Å². The predicted molar refractivity (Wildman–Crippen MR) is 91.6 cm³/mol. The number of hydrogen-bond donors (Lipinski definition) is 2. The van der Waals surface area contributed by atoms with E-state index in [1.54, 1.807) is 12.1 Å². The SMILES string of the molecule is Cc1cc(Br)cc(Br)c1OCC(=O)Nc1ccccc1N. The van der Waals surface area contributed by atoms with E-state index in [1.165, 1.54) is 0 Å². The summed E-state index contributed by atoms with van der Waals surface area (Å²) in [7, 11) is 0. The fourth-order valence-electron chi connectivity index (χ4n) is 1.81. The van der Waals surface area contributed by atoms with Gasteiger partial charge in [0.25, 0.3) is 5.91 Å². The summed E-state index contributed by atoms with van der Waals surface area (Å²) in [6.07, 6.45) is 0. The molecule has 0 saturated carbocycles. The quantitative estimate of drug-likeness (QED) is 0.741. The summed E-state index contributed by atoms with van der Waals surface area (Å²) in [6, 6.07) is 10.9. The third-order valence-electron chi connectivity index (χ3n) is 2.78. The molecule has 4 nitrogen and oxygen atoms in total. The second-order valence-electron chi connectivity index (χ2n) is 4.46. The summed E-state index contributed by atoms with van der Waals surface area (Å²) in [4.78, 5) is 11.9. The molecule has 0 unspecified atom stereocenters. The van der Waals surface area contributed by atoms with Crippen molar-refractivity contribution in [1.82, 2.24) is 0 Å². The molecule has 6 heteroatoms. The van der Waals surface area contributed by atoms with Crippen molar-refractivity contribution < 1.29 is 9.53 Å². The molecule has 0 aliphatic rings. The molecular formula is C15H14Br2N2O2. The van der Waals surface area contributed by atoms with E-state index >= 15 is 0 Å². The number of amides is 1. The molecule has 0 fully saturated rings. The van der Waals surface area contributed by atoms with Crippen molar-refractivity contribution in [3.05, 3.63) is 50.9 Å². The van der Waals surface area contributed by atoms with Crippen molar-refractivity contribution in [2.24, 2.45) is 0 Å². The first-order valence-corrected chi connectivity index (χ1v) is 7.79. The number of para-hydroxylation sites is 2. The van der Waals surface area contributed by atoms with Crippen molar-refractivity contribution in [1.29, 1.82) is 0 Å². The summed E-state index contributed by atoms with van der Waals surface area (Å²) in [5, 5.41) is 2.72. The molecule has 2 aromatic carbocycles. The minimum absolute atomic E-state index is 0.0879. The van der Waals surface area contributed by atoms with Crippen molar-refractivity contribution in [3.8, 4) is 5.75 Å². The maximum atomic E-state index is 11.9. The zero-order valence-corrected chi connectivity index (χ0v) is 14.5. The zero-order valence-electron chi connectivity index (χ0n) is 11.3. The highest BCUT2D eigenvalue weighted by Gasteiger charge is 2.10. The van der Waals surface area contributed by atoms with Crippen molar-refractivity contribution in [2.75, 3.05) is 17.7 Å². The van der Waals surface area contributed by atoms with Gasteiger partial charge in [-0.3, -0.25) is 4.79 Å². The predicted octanol–water partition coefficient (Wildman–Crippen LogP) is 4.12. The van der Waals surface area contributed by atoms with Gasteiger partial charge in [-0.05, 0) is 52.7 Å². The van der Waals surface area contributed by atoms with Crippen molar-refractivity contribution in [3.63, 3.8) is 0 Å². The van der Waals surface area contributed by atoms with Crippen LogP contribution < -0.4 is 15.8 Å². The Morgan fingerprint density at radius 1 is 1.29 bits per heavy atom. The van der Waals surface area contributed by atoms with Crippen LogP contribution in [-0.2, 0) is 4.79 Å². The fourth-order valence-corrected chi connectivity index (χ4v) is 3.36. The lowest BCUT2D eigenvalue weighted by Gasteiger charge is -2.12. The first kappa shape index (κ1) is 15.9. The highest BCUT2D eigenvalue weighted by Crippen LogP contribution is 2.32. The van der Waals surface area contributed by atoms with Gasteiger partial charge < -0.3 is 15.8 Å². The molecule has 0 heterocycles. The molecule has 0 aromatic heterocycles. The number of nitrogens with two attached hydrogens (primary N) is 1. The van der Waals surface area contributed by atoms with E-state index in [-0.39, 0.29) is 12.5 Å². The Morgan fingerprint density at radius 3 is 2.67 bits per heavy atom. The molecule has 0 atom stereocenters. The lowest BCUT2D eigenvalue weighted by atomic mass is 10.2. The number of rotatable bonds is 4. The number of hydrogen-bond acceptors (Lipinski definition) is 3. The van der Waals surface area contributed by atoms with Crippen LogP contribution in [0.2, 0.25) is 0 Å². The first-order chi connectivity index (χ1) is 9.97. The maximum Gasteiger partial charge on any atom is 0.262 e. The molecule has 0 radical (unpaired) electrons. The number of benzene rings is 2. The highest BCUT2D eigenvalue weighted by molar-refractivity contribution is 9.11. The number of nitrogen functional groups attached to an aromatic ring is 1.